The number of aromatic nitrogens is 1. The van der Waals surface area contributed by atoms with Crippen LogP contribution in [-0.2, 0) is 11.3 Å². The van der Waals surface area contributed by atoms with Crippen LogP contribution < -0.4 is 5.32 Å². The highest BCUT2D eigenvalue weighted by atomic mass is 79.9. The molecule has 1 N–H and O–H groups in total. The Kier molecular flexibility index (Phi) is 7.55. The fourth-order valence-electron chi connectivity index (χ4n) is 2.74. The van der Waals surface area contributed by atoms with E-state index in [2.05, 4.69) is 38.1 Å². The third-order valence-electron chi connectivity index (χ3n) is 4.16. The van der Waals surface area contributed by atoms with Crippen molar-refractivity contribution in [1.82, 2.24) is 9.88 Å². The number of amides is 1. The van der Waals surface area contributed by atoms with E-state index in [9.17, 15) is 4.79 Å². The van der Waals surface area contributed by atoms with Crippen molar-refractivity contribution < 1.29 is 13.9 Å². The van der Waals surface area contributed by atoms with E-state index < -0.39 is 11.7 Å². The maximum Gasteiger partial charge on any atom is 0.415 e. The van der Waals surface area contributed by atoms with Gasteiger partial charge in [-0.3, -0.25) is 4.90 Å². The van der Waals surface area contributed by atoms with Gasteiger partial charge in [-0.1, -0.05) is 23.6 Å². The second kappa shape index (κ2) is 9.99. The molecule has 32 heavy (non-hydrogen) atoms. The lowest BCUT2D eigenvalue weighted by atomic mass is 10.2. The van der Waals surface area contributed by atoms with Crippen molar-refractivity contribution in [1.29, 1.82) is 0 Å². The zero-order valence-corrected chi connectivity index (χ0v) is 21.5. The summed E-state index contributed by atoms with van der Waals surface area (Å²) in [6.45, 7) is 7.75. The lowest BCUT2D eigenvalue weighted by Gasteiger charge is -2.24. The van der Waals surface area contributed by atoms with Crippen molar-refractivity contribution >= 4 is 67.8 Å². The van der Waals surface area contributed by atoms with Crippen LogP contribution in [0.15, 0.2) is 38.2 Å². The number of rotatable bonds is 5. The molecule has 6 nitrogen and oxygen atoms in total. The molecule has 0 saturated heterocycles. The van der Waals surface area contributed by atoms with Crippen LogP contribution in [0.3, 0.4) is 0 Å². The van der Waals surface area contributed by atoms with E-state index in [0.29, 0.717) is 38.7 Å². The van der Waals surface area contributed by atoms with Crippen molar-refractivity contribution in [2.75, 3.05) is 12.4 Å². The van der Waals surface area contributed by atoms with Gasteiger partial charge in [0.25, 0.3) is 0 Å². The normalized spacial score (nSPS) is 11.8. The number of allylic oxidation sites excluding steroid dienone is 1. The van der Waals surface area contributed by atoms with Gasteiger partial charge in [-0.25, -0.2) is 9.78 Å². The molecule has 0 radical (unpaired) electrons. The highest BCUT2D eigenvalue weighted by Gasteiger charge is 2.23. The summed E-state index contributed by atoms with van der Waals surface area (Å²) in [5.41, 5.74) is 1.63. The first-order valence-corrected chi connectivity index (χ1v) is 11.8. The van der Waals surface area contributed by atoms with Crippen LogP contribution in [0.1, 0.15) is 38.3 Å². The van der Waals surface area contributed by atoms with E-state index in [1.165, 1.54) is 9.78 Å². The van der Waals surface area contributed by atoms with Gasteiger partial charge in [-0.05, 0) is 61.0 Å². The highest BCUT2D eigenvalue weighted by Crippen LogP contribution is 2.37. The first kappa shape index (κ1) is 24.2. The van der Waals surface area contributed by atoms with Gasteiger partial charge in [0.2, 0.25) is 0 Å². The molecule has 0 saturated carbocycles. The Labute approximate surface area is 204 Å². The smallest absolute Gasteiger partial charge is 0.415 e. The molecule has 0 unspecified atom stereocenters. The summed E-state index contributed by atoms with van der Waals surface area (Å²) in [5, 5.41) is 5.71. The monoisotopic (exact) mass is 535 g/mol. The molecule has 0 atom stereocenters. The number of pyridine rings is 1. The Morgan fingerprint density at radius 1 is 1.47 bits per heavy atom. The number of ether oxygens (including phenoxy) is 1. The van der Waals surface area contributed by atoms with Gasteiger partial charge in [0.05, 0.1) is 10.2 Å². The quantitative estimate of drug-likeness (QED) is 0.277. The average molecular weight is 537 g/mol. The molecule has 3 rings (SSSR count). The number of nitrogens with one attached hydrogen (secondary N) is 1. The first-order valence-electron chi connectivity index (χ1n) is 9.75. The number of hydrogen-bond donors (Lipinski definition) is 1. The molecule has 3 heterocycles. The van der Waals surface area contributed by atoms with Crippen molar-refractivity contribution in [3.8, 4) is 11.8 Å². The summed E-state index contributed by atoms with van der Waals surface area (Å²) in [6, 6.07) is 5.77. The van der Waals surface area contributed by atoms with E-state index in [4.69, 9.17) is 20.8 Å². The molecule has 0 fully saturated rings. The largest absolute Gasteiger partial charge is 0.451 e. The van der Waals surface area contributed by atoms with Crippen molar-refractivity contribution in [2.24, 2.45) is 0 Å². The summed E-state index contributed by atoms with van der Waals surface area (Å²) >= 11 is 11.5. The van der Waals surface area contributed by atoms with Crippen LogP contribution in [0.2, 0.25) is 5.15 Å². The Morgan fingerprint density at radius 3 is 2.84 bits per heavy atom. The number of thiophene rings is 1. The number of carbonyl (C=O) groups excluding carboxylic acids is 1. The second-order valence-electron chi connectivity index (χ2n) is 7.83. The number of anilines is 1. The molecule has 0 aliphatic rings. The number of halogens is 2. The zero-order chi connectivity index (χ0) is 23.5. The van der Waals surface area contributed by atoms with E-state index in [1.807, 2.05) is 38.3 Å². The van der Waals surface area contributed by atoms with Gasteiger partial charge in [0, 0.05) is 30.6 Å². The fraction of sp³-hybridized carbons (Fsp3) is 0.304. The topological polar surface area (TPSA) is 67.6 Å². The van der Waals surface area contributed by atoms with Crippen molar-refractivity contribution in [3.05, 3.63) is 49.5 Å². The van der Waals surface area contributed by atoms with Crippen LogP contribution in [0, 0.1) is 11.8 Å². The van der Waals surface area contributed by atoms with E-state index in [-0.39, 0.29) is 0 Å². The maximum absolute atomic E-state index is 12.5. The van der Waals surface area contributed by atoms with Gasteiger partial charge in [-0.2, -0.15) is 0 Å². The molecular weight excluding hydrogens is 514 g/mol. The van der Waals surface area contributed by atoms with Gasteiger partial charge < -0.3 is 14.5 Å². The Morgan fingerprint density at radius 2 is 2.22 bits per heavy atom. The number of furan rings is 1. The SMILES string of the molecule is CC#C/C(=C\c1oc2c(NCc3cccs3)cc(Cl)nc2c1Br)N(C)C(=O)OC(C)(C)C. The summed E-state index contributed by atoms with van der Waals surface area (Å²) in [5.74, 6) is 6.22. The molecule has 1 amide bonds. The summed E-state index contributed by atoms with van der Waals surface area (Å²) in [4.78, 5) is 19.5. The molecule has 3 aromatic rings. The lowest BCUT2D eigenvalue weighted by molar-refractivity contribution is 0.0362. The maximum atomic E-state index is 12.5. The number of hydrogen-bond acceptors (Lipinski definition) is 6. The fourth-order valence-corrected chi connectivity index (χ4v) is 4.05. The minimum Gasteiger partial charge on any atom is -0.451 e. The standard InChI is InChI=1S/C23H23BrClN3O3S/c1-6-8-14(28(5)22(29)31-23(2,3)4)11-17-19(24)20-21(30-17)16(12-18(25)27-20)26-13-15-9-7-10-32-15/h7,9-12H,13H2,1-5H3,(H,26,27)/b14-11+. The van der Waals surface area contributed by atoms with E-state index in [1.54, 1.807) is 37.5 Å². The first-order chi connectivity index (χ1) is 15.1. The van der Waals surface area contributed by atoms with Crippen LogP contribution in [0.25, 0.3) is 17.2 Å². The molecule has 0 spiro atoms. The predicted molar refractivity (Wildman–Crippen MR) is 134 cm³/mol. The summed E-state index contributed by atoms with van der Waals surface area (Å²) < 4.78 is 12.2. The minimum atomic E-state index is -0.625. The third-order valence-corrected chi connectivity index (χ3v) is 6.00. The number of carbonyl (C=O) groups is 1. The molecule has 0 aliphatic carbocycles. The molecule has 0 bridgehead atoms. The molecule has 0 aliphatic heterocycles. The van der Waals surface area contributed by atoms with E-state index >= 15 is 0 Å². The average Bonchev–Trinajstić information content (AvgIpc) is 3.33. The van der Waals surface area contributed by atoms with Crippen LogP contribution in [-0.4, -0.2) is 28.6 Å². The van der Waals surface area contributed by atoms with Crippen LogP contribution in [0.5, 0.6) is 0 Å². The molecule has 3 aromatic heterocycles. The van der Waals surface area contributed by atoms with Gasteiger partial charge in [-0.15, -0.1) is 11.3 Å². The summed E-state index contributed by atoms with van der Waals surface area (Å²) in [7, 11) is 1.60. The van der Waals surface area contributed by atoms with Gasteiger partial charge in [0.15, 0.2) is 5.58 Å². The Bertz CT molecular complexity index is 1220. The number of nitrogens with zero attached hydrogens (tertiary/aromatic N) is 2. The molecule has 0 aromatic carbocycles. The molecule has 168 valence electrons. The minimum absolute atomic E-state index is 0.336. The van der Waals surface area contributed by atoms with Gasteiger partial charge in [0.1, 0.15) is 27.7 Å². The van der Waals surface area contributed by atoms with Crippen LogP contribution >= 0.6 is 38.9 Å². The number of fused-ring (bicyclic) bond motifs is 1. The zero-order valence-electron chi connectivity index (χ0n) is 18.4. The molecule has 9 heteroatoms. The third kappa shape index (κ3) is 5.85. The Balaban J connectivity index is 1.99. The van der Waals surface area contributed by atoms with Crippen molar-refractivity contribution in [3.63, 3.8) is 0 Å². The molecular formula is C23H23BrClN3O3S. The predicted octanol–water partition coefficient (Wildman–Crippen LogP) is 7.15. The van der Waals surface area contributed by atoms with Crippen LogP contribution in [0.4, 0.5) is 10.5 Å². The van der Waals surface area contributed by atoms with E-state index in [0.717, 1.165) is 5.69 Å². The Hall–Kier alpha value is -2.47. The second-order valence-corrected chi connectivity index (χ2v) is 10.0. The summed E-state index contributed by atoms with van der Waals surface area (Å²) in [6.07, 6.45) is 1.15. The van der Waals surface area contributed by atoms with Crippen molar-refractivity contribution in [2.45, 2.75) is 39.8 Å². The lowest BCUT2D eigenvalue weighted by Crippen LogP contribution is -2.33. The highest BCUT2D eigenvalue weighted by molar-refractivity contribution is 9.10. The van der Waals surface area contributed by atoms with Gasteiger partial charge >= 0.3 is 6.09 Å².